The van der Waals surface area contributed by atoms with Crippen LogP contribution in [0.25, 0.3) is 0 Å². The number of halogens is 2. The molecule has 1 rings (SSSR count). The molecule has 0 aromatic heterocycles. The van der Waals surface area contributed by atoms with E-state index in [0.717, 1.165) is 0 Å². The number of ether oxygens (including phenoxy) is 1. The van der Waals surface area contributed by atoms with Crippen molar-refractivity contribution in [2.75, 3.05) is 7.11 Å². The zero-order chi connectivity index (χ0) is 13.0. The summed E-state index contributed by atoms with van der Waals surface area (Å²) in [6.45, 7) is 0. The molecule has 1 unspecified atom stereocenters. The van der Waals surface area contributed by atoms with Crippen molar-refractivity contribution in [3.8, 4) is 5.75 Å². The highest BCUT2D eigenvalue weighted by Crippen LogP contribution is 2.35. The molecule has 1 aromatic rings. The van der Waals surface area contributed by atoms with Crippen molar-refractivity contribution in [3.05, 3.63) is 28.5 Å². The van der Waals surface area contributed by atoms with Crippen LogP contribution in [0.2, 0.25) is 5.02 Å². The smallest absolute Gasteiger partial charge is 0.303 e. The van der Waals surface area contributed by atoms with Crippen molar-refractivity contribution in [3.63, 3.8) is 0 Å². The predicted octanol–water partition coefficient (Wildman–Crippen LogP) is 2.35. The van der Waals surface area contributed by atoms with Crippen LogP contribution < -0.4 is 10.5 Å². The van der Waals surface area contributed by atoms with Gasteiger partial charge in [-0.05, 0) is 18.6 Å². The number of carboxylic acids is 1. The first-order valence-corrected chi connectivity index (χ1v) is 5.34. The summed E-state index contributed by atoms with van der Waals surface area (Å²) >= 11 is 5.92. The number of hydrogen-bond acceptors (Lipinski definition) is 3. The Bertz CT molecular complexity index is 425. The van der Waals surface area contributed by atoms with Gasteiger partial charge >= 0.3 is 5.97 Å². The van der Waals surface area contributed by atoms with E-state index in [4.69, 9.17) is 27.2 Å². The molecule has 0 saturated carbocycles. The molecule has 6 heteroatoms. The molecule has 17 heavy (non-hydrogen) atoms. The van der Waals surface area contributed by atoms with E-state index in [1.807, 2.05) is 0 Å². The fourth-order valence-corrected chi connectivity index (χ4v) is 1.81. The maximum absolute atomic E-state index is 13.4. The van der Waals surface area contributed by atoms with Gasteiger partial charge in [-0.15, -0.1) is 0 Å². The molecule has 0 spiro atoms. The first-order valence-electron chi connectivity index (χ1n) is 4.96. The fourth-order valence-electron chi connectivity index (χ4n) is 1.53. The highest BCUT2D eigenvalue weighted by molar-refractivity contribution is 6.31. The molecule has 1 aromatic carbocycles. The monoisotopic (exact) mass is 261 g/mol. The van der Waals surface area contributed by atoms with Crippen molar-refractivity contribution >= 4 is 17.6 Å². The van der Waals surface area contributed by atoms with Crippen LogP contribution >= 0.6 is 11.6 Å². The zero-order valence-electron chi connectivity index (χ0n) is 9.24. The van der Waals surface area contributed by atoms with Crippen LogP contribution in [0.15, 0.2) is 12.1 Å². The minimum atomic E-state index is -0.966. The molecular formula is C11H13ClFNO3. The summed E-state index contributed by atoms with van der Waals surface area (Å²) in [5.74, 6) is -1.57. The standard InChI is InChI=1S/C11H13ClFNO3/c1-17-11-7(13)3-2-6(12)10(11)8(14)4-5-9(15)16/h2-3,8H,4-5,14H2,1H3,(H,15,16). The molecule has 3 N–H and O–H groups in total. The molecule has 0 heterocycles. The Labute approximate surface area is 103 Å². The molecule has 94 valence electrons. The summed E-state index contributed by atoms with van der Waals surface area (Å²) in [7, 11) is 1.31. The van der Waals surface area contributed by atoms with Crippen LogP contribution in [0.1, 0.15) is 24.4 Å². The van der Waals surface area contributed by atoms with Gasteiger partial charge < -0.3 is 15.6 Å². The van der Waals surface area contributed by atoms with E-state index in [0.29, 0.717) is 5.56 Å². The predicted molar refractivity (Wildman–Crippen MR) is 61.8 cm³/mol. The van der Waals surface area contributed by atoms with Crippen LogP contribution in [-0.4, -0.2) is 18.2 Å². The molecule has 4 nitrogen and oxygen atoms in total. The summed E-state index contributed by atoms with van der Waals surface area (Å²) in [6, 6.07) is 1.87. The van der Waals surface area contributed by atoms with Gasteiger partial charge in [-0.2, -0.15) is 0 Å². The van der Waals surface area contributed by atoms with Crippen molar-refractivity contribution in [1.82, 2.24) is 0 Å². The highest BCUT2D eigenvalue weighted by Gasteiger charge is 2.20. The van der Waals surface area contributed by atoms with E-state index in [2.05, 4.69) is 0 Å². The first-order chi connectivity index (χ1) is 7.97. The van der Waals surface area contributed by atoms with E-state index >= 15 is 0 Å². The van der Waals surface area contributed by atoms with Crippen molar-refractivity contribution in [1.29, 1.82) is 0 Å². The maximum atomic E-state index is 13.4. The molecular weight excluding hydrogens is 249 g/mol. The molecule has 0 amide bonds. The number of carbonyl (C=O) groups is 1. The zero-order valence-corrected chi connectivity index (χ0v) is 10.00. The Balaban J connectivity index is 3.02. The quantitative estimate of drug-likeness (QED) is 0.853. The number of rotatable bonds is 5. The van der Waals surface area contributed by atoms with E-state index < -0.39 is 17.8 Å². The topological polar surface area (TPSA) is 72.5 Å². The number of hydrogen-bond donors (Lipinski definition) is 2. The normalized spacial score (nSPS) is 12.2. The Morgan fingerprint density at radius 2 is 2.29 bits per heavy atom. The second-order valence-corrected chi connectivity index (χ2v) is 3.92. The number of carboxylic acid groups (broad SMARTS) is 1. The van der Waals surface area contributed by atoms with Gasteiger partial charge in [-0.25, -0.2) is 4.39 Å². The van der Waals surface area contributed by atoms with Gasteiger partial charge in [0.25, 0.3) is 0 Å². The van der Waals surface area contributed by atoms with Crippen LogP contribution in [0.5, 0.6) is 5.75 Å². The second-order valence-electron chi connectivity index (χ2n) is 3.52. The van der Waals surface area contributed by atoms with Crippen LogP contribution in [-0.2, 0) is 4.79 Å². The number of aliphatic carboxylic acids is 1. The van der Waals surface area contributed by atoms with Gasteiger partial charge in [0, 0.05) is 23.0 Å². The third-order valence-corrected chi connectivity index (χ3v) is 2.67. The summed E-state index contributed by atoms with van der Waals surface area (Å²) in [5, 5.41) is 8.83. The second kappa shape index (κ2) is 5.84. The Morgan fingerprint density at radius 3 is 2.82 bits per heavy atom. The third kappa shape index (κ3) is 3.31. The van der Waals surface area contributed by atoms with E-state index in [9.17, 15) is 9.18 Å². The molecule has 0 fully saturated rings. The summed E-state index contributed by atoms with van der Waals surface area (Å²) in [5.41, 5.74) is 6.10. The van der Waals surface area contributed by atoms with Crippen LogP contribution in [0, 0.1) is 5.82 Å². The summed E-state index contributed by atoms with van der Waals surface area (Å²) < 4.78 is 18.3. The minimum absolute atomic E-state index is 0.0320. The van der Waals surface area contributed by atoms with Crippen LogP contribution in [0.3, 0.4) is 0 Å². The lowest BCUT2D eigenvalue weighted by Crippen LogP contribution is -2.14. The van der Waals surface area contributed by atoms with Crippen molar-refractivity contribution in [2.24, 2.45) is 5.73 Å². The summed E-state index contributed by atoms with van der Waals surface area (Å²) in [4.78, 5) is 10.4. The molecule has 0 radical (unpaired) electrons. The largest absolute Gasteiger partial charge is 0.493 e. The van der Waals surface area contributed by atoms with Gasteiger partial charge in [-0.1, -0.05) is 11.6 Å². The maximum Gasteiger partial charge on any atom is 0.303 e. The van der Waals surface area contributed by atoms with E-state index in [1.54, 1.807) is 0 Å². The molecule has 0 aliphatic heterocycles. The van der Waals surface area contributed by atoms with Crippen LogP contribution in [0.4, 0.5) is 4.39 Å². The van der Waals surface area contributed by atoms with Gasteiger partial charge in [0.05, 0.1) is 7.11 Å². The first kappa shape index (κ1) is 13.7. The number of benzene rings is 1. The number of nitrogens with two attached hydrogens (primary N) is 1. The molecule has 0 saturated heterocycles. The van der Waals surface area contributed by atoms with Gasteiger partial charge in [0.2, 0.25) is 0 Å². The lowest BCUT2D eigenvalue weighted by atomic mass is 10.0. The molecule has 0 aliphatic carbocycles. The minimum Gasteiger partial charge on any atom is -0.493 e. The fraction of sp³-hybridized carbons (Fsp3) is 0.364. The number of methoxy groups -OCH3 is 1. The highest BCUT2D eigenvalue weighted by atomic mass is 35.5. The van der Waals surface area contributed by atoms with E-state index in [1.165, 1.54) is 19.2 Å². The van der Waals surface area contributed by atoms with Crippen molar-refractivity contribution < 1.29 is 19.0 Å². The van der Waals surface area contributed by atoms with Gasteiger partial charge in [0.15, 0.2) is 11.6 Å². The Morgan fingerprint density at radius 1 is 1.65 bits per heavy atom. The Hall–Kier alpha value is -1.33. The molecule has 1 atom stereocenters. The lowest BCUT2D eigenvalue weighted by Gasteiger charge is -2.17. The van der Waals surface area contributed by atoms with Gasteiger partial charge in [-0.3, -0.25) is 4.79 Å². The molecule has 0 bridgehead atoms. The molecule has 0 aliphatic rings. The average Bonchev–Trinajstić information content (AvgIpc) is 2.28. The summed E-state index contributed by atoms with van der Waals surface area (Å²) in [6.07, 6.45) is 0.0476. The third-order valence-electron chi connectivity index (χ3n) is 2.34. The lowest BCUT2D eigenvalue weighted by molar-refractivity contribution is -0.137. The SMILES string of the molecule is COc1c(F)ccc(Cl)c1C(N)CCC(=O)O. The van der Waals surface area contributed by atoms with Crippen molar-refractivity contribution in [2.45, 2.75) is 18.9 Å². The average molecular weight is 262 g/mol. The van der Waals surface area contributed by atoms with Gasteiger partial charge in [0.1, 0.15) is 0 Å². The van der Waals surface area contributed by atoms with E-state index in [-0.39, 0.29) is 23.6 Å². The Kier molecular flexibility index (Phi) is 4.72.